The van der Waals surface area contributed by atoms with Crippen LogP contribution in [-0.2, 0) is 22.2 Å². The van der Waals surface area contributed by atoms with Crippen LogP contribution in [0.25, 0.3) is 0 Å². The van der Waals surface area contributed by atoms with Crippen molar-refractivity contribution in [2.75, 3.05) is 18.6 Å². The molecule has 0 saturated heterocycles. The molecule has 1 heterocycles. The number of alkyl halides is 3. The van der Waals surface area contributed by atoms with Crippen LogP contribution in [0.2, 0.25) is 0 Å². The molecule has 0 aliphatic carbocycles. The Hall–Kier alpha value is -3.34. The summed E-state index contributed by atoms with van der Waals surface area (Å²) in [7, 11) is 1.46. The van der Waals surface area contributed by atoms with Gasteiger partial charge in [0.05, 0.1) is 24.7 Å². The van der Waals surface area contributed by atoms with Crippen molar-refractivity contribution < 1.29 is 27.5 Å². The zero-order valence-corrected chi connectivity index (χ0v) is 14.8. The number of ketones is 1. The van der Waals surface area contributed by atoms with Crippen molar-refractivity contribution in [3.05, 3.63) is 59.2 Å². The Bertz CT molecular complexity index is 962. The smallest absolute Gasteiger partial charge is 0.416 e. The highest BCUT2D eigenvalue weighted by molar-refractivity contribution is 6.43. The zero-order chi connectivity index (χ0) is 20.5. The highest BCUT2D eigenvalue weighted by Gasteiger charge is 2.41. The Morgan fingerprint density at radius 1 is 1.18 bits per heavy atom. The minimum Gasteiger partial charge on any atom is -0.497 e. The molecule has 8 heteroatoms. The quantitative estimate of drug-likeness (QED) is 0.596. The first kappa shape index (κ1) is 19.4. The van der Waals surface area contributed by atoms with Crippen LogP contribution >= 0.6 is 0 Å². The number of nitrogens with zero attached hydrogens (tertiary/aromatic N) is 2. The number of nitriles is 1. The Morgan fingerprint density at radius 3 is 2.43 bits per heavy atom. The molecule has 2 aromatic rings. The molecule has 3 rings (SSSR count). The molecule has 28 heavy (non-hydrogen) atoms. The van der Waals surface area contributed by atoms with Gasteiger partial charge in [0, 0.05) is 5.69 Å². The molecule has 1 unspecified atom stereocenters. The number of fused-ring (bicyclic) bond motifs is 1. The fourth-order valence-electron chi connectivity index (χ4n) is 3.33. The number of Topliss-reactive ketones (excluding diaryl/α,β-unsaturated/α-hetero) is 1. The lowest BCUT2D eigenvalue weighted by atomic mass is 9.87. The predicted octanol–water partition coefficient (Wildman–Crippen LogP) is 3.48. The number of methoxy groups -OCH3 is 1. The molecule has 0 N–H and O–H groups in total. The molecule has 144 valence electrons. The zero-order valence-electron chi connectivity index (χ0n) is 14.8. The predicted molar refractivity (Wildman–Crippen MR) is 93.9 cm³/mol. The van der Waals surface area contributed by atoms with Crippen LogP contribution in [0.5, 0.6) is 5.75 Å². The SMILES string of the molecule is COc1ccc(C2Cc3c(cccc3C(F)(F)F)N(CC#N)C(=O)C2=O)cc1. The van der Waals surface area contributed by atoms with Crippen LogP contribution in [0.4, 0.5) is 18.9 Å². The van der Waals surface area contributed by atoms with E-state index in [-0.39, 0.29) is 17.7 Å². The number of amides is 1. The standard InChI is InChI=1S/C20H15F3N2O3/c1-28-13-7-5-12(6-8-13)14-11-15-16(20(21,22)23)3-2-4-17(15)25(10-9-24)19(27)18(14)26/h2-8,14H,10-11H2,1H3. The Balaban J connectivity index is 2.19. The number of anilines is 1. The summed E-state index contributed by atoms with van der Waals surface area (Å²) in [4.78, 5) is 26.3. The first-order valence-electron chi connectivity index (χ1n) is 8.33. The summed E-state index contributed by atoms with van der Waals surface area (Å²) in [6.45, 7) is -0.520. The monoisotopic (exact) mass is 388 g/mol. The molecular formula is C20H15F3N2O3. The summed E-state index contributed by atoms with van der Waals surface area (Å²) in [5.41, 5.74) is -0.758. The molecule has 1 amide bonds. The van der Waals surface area contributed by atoms with Gasteiger partial charge in [0.1, 0.15) is 12.3 Å². The van der Waals surface area contributed by atoms with Crippen molar-refractivity contribution >= 4 is 17.4 Å². The van der Waals surface area contributed by atoms with E-state index in [0.717, 1.165) is 17.0 Å². The number of hydrogen-bond donors (Lipinski definition) is 0. The fraction of sp³-hybridized carbons (Fsp3) is 0.250. The van der Waals surface area contributed by atoms with E-state index in [4.69, 9.17) is 10.00 Å². The van der Waals surface area contributed by atoms with Crippen molar-refractivity contribution in [2.24, 2.45) is 0 Å². The third-order valence-electron chi connectivity index (χ3n) is 4.68. The second-order valence-electron chi connectivity index (χ2n) is 6.24. The number of benzene rings is 2. The summed E-state index contributed by atoms with van der Waals surface area (Å²) in [6, 6.07) is 11.4. The lowest BCUT2D eigenvalue weighted by Gasteiger charge is -2.21. The number of rotatable bonds is 3. The van der Waals surface area contributed by atoms with Gasteiger partial charge in [0.25, 0.3) is 5.91 Å². The lowest BCUT2D eigenvalue weighted by Crippen LogP contribution is -2.38. The molecule has 0 bridgehead atoms. The molecule has 0 saturated carbocycles. The van der Waals surface area contributed by atoms with Crippen molar-refractivity contribution in [2.45, 2.75) is 18.5 Å². The van der Waals surface area contributed by atoms with E-state index >= 15 is 0 Å². The van der Waals surface area contributed by atoms with Crippen molar-refractivity contribution in [3.63, 3.8) is 0 Å². The minimum atomic E-state index is -4.66. The Kier molecular flexibility index (Phi) is 5.10. The van der Waals surface area contributed by atoms with Gasteiger partial charge >= 0.3 is 6.18 Å². The van der Waals surface area contributed by atoms with Gasteiger partial charge in [-0.15, -0.1) is 0 Å². The average Bonchev–Trinajstić information content (AvgIpc) is 2.78. The number of ether oxygens (including phenoxy) is 1. The van der Waals surface area contributed by atoms with Crippen LogP contribution in [0.15, 0.2) is 42.5 Å². The molecule has 5 nitrogen and oxygen atoms in total. The Labute approximate surface area is 158 Å². The summed E-state index contributed by atoms with van der Waals surface area (Å²) < 4.78 is 45.8. The second kappa shape index (κ2) is 7.35. The van der Waals surface area contributed by atoms with Gasteiger partial charge < -0.3 is 4.74 Å². The summed E-state index contributed by atoms with van der Waals surface area (Å²) in [5.74, 6) is -2.44. The van der Waals surface area contributed by atoms with Crippen LogP contribution < -0.4 is 9.64 Å². The molecule has 0 spiro atoms. The second-order valence-corrected chi connectivity index (χ2v) is 6.24. The first-order valence-corrected chi connectivity index (χ1v) is 8.33. The van der Waals surface area contributed by atoms with Gasteiger partial charge in [0.2, 0.25) is 5.78 Å². The molecule has 0 radical (unpaired) electrons. The normalized spacial score (nSPS) is 17.0. The van der Waals surface area contributed by atoms with E-state index in [9.17, 15) is 22.8 Å². The summed E-state index contributed by atoms with van der Waals surface area (Å²) >= 11 is 0. The molecule has 1 aliphatic rings. The van der Waals surface area contributed by atoms with E-state index in [1.54, 1.807) is 30.3 Å². The summed E-state index contributed by atoms with van der Waals surface area (Å²) in [6.07, 6.45) is -4.96. The van der Waals surface area contributed by atoms with E-state index in [1.807, 2.05) is 0 Å². The number of hydrogen-bond acceptors (Lipinski definition) is 4. The third-order valence-corrected chi connectivity index (χ3v) is 4.68. The van der Waals surface area contributed by atoms with Crippen molar-refractivity contribution in [3.8, 4) is 11.8 Å². The number of halogens is 3. The maximum absolute atomic E-state index is 13.6. The summed E-state index contributed by atoms with van der Waals surface area (Å²) in [5, 5.41) is 9.02. The maximum Gasteiger partial charge on any atom is 0.416 e. The van der Waals surface area contributed by atoms with Crippen molar-refractivity contribution in [1.29, 1.82) is 5.26 Å². The molecular weight excluding hydrogens is 373 g/mol. The van der Waals surface area contributed by atoms with E-state index in [0.29, 0.717) is 11.3 Å². The van der Waals surface area contributed by atoms with Crippen LogP contribution in [0, 0.1) is 11.3 Å². The lowest BCUT2D eigenvalue weighted by molar-refractivity contribution is -0.138. The third kappa shape index (κ3) is 3.43. The van der Waals surface area contributed by atoms with Crippen LogP contribution in [0.3, 0.4) is 0 Å². The van der Waals surface area contributed by atoms with Gasteiger partial charge in [-0.1, -0.05) is 18.2 Å². The van der Waals surface area contributed by atoms with Gasteiger partial charge in [-0.2, -0.15) is 18.4 Å². The highest BCUT2D eigenvalue weighted by Crippen LogP contribution is 2.41. The van der Waals surface area contributed by atoms with E-state index < -0.39 is 35.9 Å². The number of carbonyl (C=O) groups is 2. The Morgan fingerprint density at radius 2 is 1.86 bits per heavy atom. The van der Waals surface area contributed by atoms with Crippen LogP contribution in [-0.4, -0.2) is 25.3 Å². The maximum atomic E-state index is 13.6. The van der Waals surface area contributed by atoms with Gasteiger partial charge in [-0.3, -0.25) is 14.5 Å². The van der Waals surface area contributed by atoms with Gasteiger partial charge in [-0.05, 0) is 41.8 Å². The number of carbonyl (C=O) groups excluding carboxylic acids is 2. The molecule has 1 atom stereocenters. The van der Waals surface area contributed by atoms with E-state index in [1.165, 1.54) is 13.2 Å². The van der Waals surface area contributed by atoms with Crippen LogP contribution in [0.1, 0.15) is 22.6 Å². The van der Waals surface area contributed by atoms with E-state index in [2.05, 4.69) is 0 Å². The topological polar surface area (TPSA) is 70.4 Å². The minimum absolute atomic E-state index is 0.0641. The van der Waals surface area contributed by atoms with Gasteiger partial charge in [0.15, 0.2) is 0 Å². The molecule has 1 aliphatic heterocycles. The van der Waals surface area contributed by atoms with Crippen molar-refractivity contribution in [1.82, 2.24) is 0 Å². The highest BCUT2D eigenvalue weighted by atomic mass is 19.4. The first-order chi connectivity index (χ1) is 13.3. The fourth-order valence-corrected chi connectivity index (χ4v) is 3.33. The largest absolute Gasteiger partial charge is 0.497 e. The molecule has 2 aromatic carbocycles. The molecule has 0 aromatic heterocycles. The average molecular weight is 388 g/mol. The molecule has 0 fully saturated rings. The van der Waals surface area contributed by atoms with Gasteiger partial charge in [-0.25, -0.2) is 0 Å².